The van der Waals surface area contributed by atoms with E-state index in [1.54, 1.807) is 4.90 Å². The lowest BCUT2D eigenvalue weighted by atomic mass is 10.2. The summed E-state index contributed by atoms with van der Waals surface area (Å²) < 4.78 is 16.4. The summed E-state index contributed by atoms with van der Waals surface area (Å²) in [6.45, 7) is 10.1. The summed E-state index contributed by atoms with van der Waals surface area (Å²) in [6, 6.07) is 0. The Morgan fingerprint density at radius 1 is 1.32 bits per heavy atom. The summed E-state index contributed by atoms with van der Waals surface area (Å²) in [7, 11) is -4.30. The highest BCUT2D eigenvalue weighted by atomic mass is 31.2. The summed E-state index contributed by atoms with van der Waals surface area (Å²) in [5, 5.41) is 0. The maximum atomic E-state index is 11.9. The van der Waals surface area contributed by atoms with Crippen molar-refractivity contribution in [3.8, 4) is 0 Å². The first-order chi connectivity index (χ1) is 8.77. The summed E-state index contributed by atoms with van der Waals surface area (Å²) in [6.07, 6.45) is 0.837. The third kappa shape index (κ3) is 6.34. The smallest absolute Gasteiger partial charge is 0.354 e. The first kappa shape index (κ1) is 18.3. The van der Waals surface area contributed by atoms with Crippen LogP contribution in [0.15, 0.2) is 12.2 Å². The molecule has 0 aliphatic carbocycles. The molecule has 0 heterocycles. The number of ether oxygens (including phenoxy) is 1. The van der Waals surface area contributed by atoms with Crippen LogP contribution in [0.2, 0.25) is 0 Å². The van der Waals surface area contributed by atoms with Crippen LogP contribution in [0.4, 0.5) is 0 Å². The van der Waals surface area contributed by atoms with E-state index in [1.165, 1.54) is 0 Å². The molecule has 19 heavy (non-hydrogen) atoms. The molecule has 0 aromatic rings. The van der Waals surface area contributed by atoms with Gasteiger partial charge in [-0.05, 0) is 20.3 Å². The van der Waals surface area contributed by atoms with Crippen molar-refractivity contribution in [3.05, 3.63) is 12.2 Å². The van der Waals surface area contributed by atoms with Crippen LogP contribution in [-0.4, -0.2) is 46.1 Å². The van der Waals surface area contributed by atoms with Gasteiger partial charge in [-0.15, -0.1) is 0 Å². The van der Waals surface area contributed by atoms with Crippen molar-refractivity contribution in [2.75, 3.05) is 19.7 Å². The molecule has 112 valence electrons. The minimum absolute atomic E-state index is 0.162. The van der Waals surface area contributed by atoms with E-state index < -0.39 is 13.4 Å². The van der Waals surface area contributed by atoms with Gasteiger partial charge in [0.15, 0.2) is 5.85 Å². The summed E-state index contributed by atoms with van der Waals surface area (Å²) >= 11 is 0. The number of hydrogen-bond acceptors (Lipinski definition) is 3. The van der Waals surface area contributed by atoms with Gasteiger partial charge in [-0.1, -0.05) is 19.9 Å². The number of likely N-dealkylation sites (N-methyl/N-ethyl adjacent to an activating group) is 1. The molecule has 1 atom stereocenters. The van der Waals surface area contributed by atoms with Gasteiger partial charge < -0.3 is 19.4 Å². The molecule has 0 aliphatic rings. The molecule has 2 N–H and O–H groups in total. The van der Waals surface area contributed by atoms with Gasteiger partial charge in [0, 0.05) is 18.7 Å². The molecule has 0 fully saturated rings. The molecule has 0 aromatic heterocycles. The zero-order chi connectivity index (χ0) is 15.1. The van der Waals surface area contributed by atoms with E-state index in [0.717, 1.165) is 0 Å². The monoisotopic (exact) mass is 293 g/mol. The lowest BCUT2D eigenvalue weighted by Crippen LogP contribution is -2.33. The Morgan fingerprint density at radius 2 is 1.84 bits per heavy atom. The van der Waals surface area contributed by atoms with Crippen LogP contribution in [-0.2, 0) is 14.1 Å². The third-order valence-corrected chi connectivity index (χ3v) is 3.87. The second-order valence-corrected chi connectivity index (χ2v) is 5.98. The topological polar surface area (TPSA) is 87.1 Å². The van der Waals surface area contributed by atoms with Crippen LogP contribution >= 0.6 is 7.60 Å². The molecule has 0 rings (SSSR count). The molecular formula is C12H24NO5P. The van der Waals surface area contributed by atoms with Gasteiger partial charge in [-0.3, -0.25) is 9.36 Å². The molecule has 0 bridgehead atoms. The van der Waals surface area contributed by atoms with Crippen LogP contribution in [0.25, 0.3) is 0 Å². The Morgan fingerprint density at radius 3 is 2.21 bits per heavy atom. The summed E-state index contributed by atoms with van der Waals surface area (Å²) in [5.41, 5.74) is 0.207. The zero-order valence-electron chi connectivity index (χ0n) is 11.8. The number of amides is 1. The van der Waals surface area contributed by atoms with Gasteiger partial charge in [0.1, 0.15) is 0 Å². The Kier molecular flexibility index (Phi) is 8.18. The second-order valence-electron chi connectivity index (χ2n) is 4.22. The predicted molar refractivity (Wildman–Crippen MR) is 73.8 cm³/mol. The minimum Gasteiger partial charge on any atom is -0.361 e. The van der Waals surface area contributed by atoms with E-state index >= 15 is 0 Å². The van der Waals surface area contributed by atoms with Crippen molar-refractivity contribution in [2.45, 2.75) is 39.5 Å². The highest BCUT2D eigenvalue weighted by Gasteiger charge is 2.29. The Hall–Kier alpha value is -0.680. The van der Waals surface area contributed by atoms with Crippen molar-refractivity contribution in [3.63, 3.8) is 0 Å². The first-order valence-electron chi connectivity index (χ1n) is 6.41. The molecular weight excluding hydrogens is 269 g/mol. The molecule has 0 saturated carbocycles. The van der Waals surface area contributed by atoms with Crippen molar-refractivity contribution in [1.29, 1.82) is 0 Å². The molecule has 1 amide bonds. The molecule has 0 aromatic carbocycles. The maximum absolute atomic E-state index is 11.9. The molecule has 0 radical (unpaired) electrons. The highest BCUT2D eigenvalue weighted by molar-refractivity contribution is 7.52. The van der Waals surface area contributed by atoms with E-state index in [-0.39, 0.29) is 24.5 Å². The van der Waals surface area contributed by atoms with Crippen molar-refractivity contribution >= 4 is 13.5 Å². The van der Waals surface area contributed by atoms with E-state index in [4.69, 9.17) is 14.5 Å². The normalized spacial score (nSPS) is 13.1. The van der Waals surface area contributed by atoms with Crippen molar-refractivity contribution < 1.29 is 23.9 Å². The quantitative estimate of drug-likeness (QED) is 0.499. The van der Waals surface area contributed by atoms with E-state index in [2.05, 4.69) is 6.58 Å². The molecule has 1 unspecified atom stereocenters. The van der Waals surface area contributed by atoms with Crippen LogP contribution < -0.4 is 0 Å². The van der Waals surface area contributed by atoms with Gasteiger partial charge in [-0.25, -0.2) is 0 Å². The standard InChI is InChI=1S/C12H24NO5P/c1-5-8-11(19(15,16)17)18-9-10(4)12(14)13(6-2)7-3/h11H,4-9H2,1-3H3,(H2,15,16,17). The molecule has 0 saturated heterocycles. The van der Waals surface area contributed by atoms with Crippen molar-refractivity contribution in [2.24, 2.45) is 0 Å². The number of rotatable bonds is 9. The molecule has 6 nitrogen and oxygen atoms in total. The van der Waals surface area contributed by atoms with Crippen LogP contribution in [0.3, 0.4) is 0 Å². The fourth-order valence-corrected chi connectivity index (χ4v) is 2.45. The Balaban J connectivity index is 4.49. The van der Waals surface area contributed by atoms with Gasteiger partial charge in [-0.2, -0.15) is 0 Å². The molecule has 0 aliphatic heterocycles. The van der Waals surface area contributed by atoms with Crippen molar-refractivity contribution in [1.82, 2.24) is 4.90 Å². The lowest BCUT2D eigenvalue weighted by Gasteiger charge is -2.22. The number of nitrogens with zero attached hydrogens (tertiary/aromatic N) is 1. The third-order valence-electron chi connectivity index (χ3n) is 2.71. The van der Waals surface area contributed by atoms with E-state index in [0.29, 0.717) is 19.5 Å². The van der Waals surface area contributed by atoms with Gasteiger partial charge >= 0.3 is 7.60 Å². The van der Waals surface area contributed by atoms with Crippen LogP contribution in [0.1, 0.15) is 33.6 Å². The lowest BCUT2D eigenvalue weighted by molar-refractivity contribution is -0.127. The Labute approximate surface area is 114 Å². The van der Waals surface area contributed by atoms with Gasteiger partial charge in [0.25, 0.3) is 5.91 Å². The van der Waals surface area contributed by atoms with E-state index in [9.17, 15) is 9.36 Å². The van der Waals surface area contributed by atoms with Crippen LogP contribution in [0, 0.1) is 0 Å². The zero-order valence-corrected chi connectivity index (χ0v) is 12.7. The SMILES string of the molecule is C=C(COC(CCC)P(=O)(O)O)C(=O)N(CC)CC. The fourth-order valence-electron chi connectivity index (χ4n) is 1.59. The summed E-state index contributed by atoms with van der Waals surface area (Å²) in [5.74, 6) is -1.41. The van der Waals surface area contributed by atoms with Gasteiger partial charge in [0.05, 0.1) is 6.61 Å². The summed E-state index contributed by atoms with van der Waals surface area (Å²) in [4.78, 5) is 31.7. The average molecular weight is 293 g/mol. The maximum Gasteiger partial charge on any atom is 0.354 e. The number of carbonyl (C=O) groups is 1. The highest BCUT2D eigenvalue weighted by Crippen LogP contribution is 2.44. The largest absolute Gasteiger partial charge is 0.361 e. The van der Waals surface area contributed by atoms with Gasteiger partial charge in [0.2, 0.25) is 0 Å². The minimum atomic E-state index is -4.30. The number of carbonyl (C=O) groups excluding carboxylic acids is 1. The Bertz CT molecular complexity index is 348. The molecule has 0 spiro atoms. The van der Waals surface area contributed by atoms with Crippen LogP contribution in [0.5, 0.6) is 0 Å². The molecule has 7 heteroatoms. The average Bonchev–Trinajstić information content (AvgIpc) is 2.33. The number of hydrogen-bond donors (Lipinski definition) is 2. The van der Waals surface area contributed by atoms with E-state index in [1.807, 2.05) is 20.8 Å². The fraction of sp³-hybridized carbons (Fsp3) is 0.750. The predicted octanol–water partition coefficient (Wildman–Crippen LogP) is 1.73. The second kappa shape index (κ2) is 8.48. The first-order valence-corrected chi connectivity index (χ1v) is 8.09.